The molecule has 1 rings (SSSR count). The van der Waals surface area contributed by atoms with Crippen molar-refractivity contribution in [3.63, 3.8) is 0 Å². The summed E-state index contributed by atoms with van der Waals surface area (Å²) >= 11 is 5.47. The van der Waals surface area contributed by atoms with Gasteiger partial charge in [-0.15, -0.1) is 0 Å². The highest BCUT2D eigenvalue weighted by atomic mass is 35.5. The van der Waals surface area contributed by atoms with Gasteiger partial charge < -0.3 is 0 Å². The van der Waals surface area contributed by atoms with E-state index < -0.39 is 0 Å². The van der Waals surface area contributed by atoms with Crippen LogP contribution in [0.2, 0.25) is 0 Å². The van der Waals surface area contributed by atoms with Gasteiger partial charge in [0.05, 0.1) is 0 Å². The fourth-order valence-corrected chi connectivity index (χ4v) is 2.20. The molecule has 0 radical (unpaired) electrons. The molecule has 1 unspecified atom stereocenters. The Kier molecular flexibility index (Phi) is 2.35. The molecule has 1 nitrogen and oxygen atoms in total. The van der Waals surface area contributed by atoms with E-state index >= 15 is 0 Å². The summed E-state index contributed by atoms with van der Waals surface area (Å²) in [6.07, 6.45) is 2.14. The Balaban J connectivity index is 2.73. The molecular formula is C10H15ClO. The molecule has 2 atom stereocenters. The van der Waals surface area contributed by atoms with Gasteiger partial charge >= 0.3 is 0 Å². The fraction of sp³-hybridized carbons (Fsp3) is 0.700. The van der Waals surface area contributed by atoms with E-state index in [-0.39, 0.29) is 16.6 Å². The molecule has 68 valence electrons. The standard InChI is InChI=1S/C10H15ClO/c1-6(2)5-7-8(9(11)12)10(7,3)4/h5,7-8H,1-4H3/t7?,8-/m1/s1. The minimum absolute atomic E-state index is 0.0362. The molecule has 1 aliphatic carbocycles. The van der Waals surface area contributed by atoms with Crippen LogP contribution in [0.1, 0.15) is 27.7 Å². The summed E-state index contributed by atoms with van der Waals surface area (Å²) in [5.74, 6) is 0.390. The zero-order chi connectivity index (χ0) is 9.52. The number of carbonyl (C=O) groups excluding carboxylic acids is 1. The summed E-state index contributed by atoms with van der Waals surface area (Å²) in [6.45, 7) is 8.26. The van der Waals surface area contributed by atoms with E-state index in [1.807, 2.05) is 13.8 Å². The van der Waals surface area contributed by atoms with Gasteiger partial charge in [-0.1, -0.05) is 25.5 Å². The van der Waals surface area contributed by atoms with Crippen molar-refractivity contribution in [1.29, 1.82) is 0 Å². The molecule has 0 amide bonds. The molecule has 0 aromatic heterocycles. The minimum Gasteiger partial charge on any atom is -0.281 e. The van der Waals surface area contributed by atoms with Crippen LogP contribution in [0.5, 0.6) is 0 Å². The Morgan fingerprint density at radius 3 is 2.17 bits per heavy atom. The second-order valence-corrected chi connectivity index (χ2v) is 4.75. The zero-order valence-corrected chi connectivity index (χ0v) is 8.77. The first-order valence-corrected chi connectivity index (χ1v) is 4.59. The van der Waals surface area contributed by atoms with Gasteiger partial charge in [0, 0.05) is 5.92 Å². The molecule has 1 saturated carbocycles. The van der Waals surface area contributed by atoms with Crippen LogP contribution in [0.4, 0.5) is 0 Å². The molecule has 1 fully saturated rings. The van der Waals surface area contributed by atoms with Gasteiger partial charge in [-0.2, -0.15) is 0 Å². The molecule has 0 N–H and O–H groups in total. The lowest BCUT2D eigenvalue weighted by Gasteiger charge is -1.96. The summed E-state index contributed by atoms with van der Waals surface area (Å²) in [7, 11) is 0. The van der Waals surface area contributed by atoms with E-state index in [2.05, 4.69) is 19.9 Å². The van der Waals surface area contributed by atoms with Crippen LogP contribution in [0.25, 0.3) is 0 Å². The smallest absolute Gasteiger partial charge is 0.225 e. The van der Waals surface area contributed by atoms with E-state index in [9.17, 15) is 4.79 Å². The van der Waals surface area contributed by atoms with E-state index in [0.29, 0.717) is 5.92 Å². The third kappa shape index (κ3) is 1.56. The van der Waals surface area contributed by atoms with E-state index in [1.165, 1.54) is 5.57 Å². The van der Waals surface area contributed by atoms with Crippen LogP contribution in [-0.4, -0.2) is 5.24 Å². The zero-order valence-electron chi connectivity index (χ0n) is 8.02. The molecule has 12 heavy (non-hydrogen) atoms. The highest BCUT2D eigenvalue weighted by Gasteiger charge is 2.59. The molecule has 0 aliphatic heterocycles. The van der Waals surface area contributed by atoms with Crippen LogP contribution in [0.15, 0.2) is 11.6 Å². The second-order valence-electron chi connectivity index (χ2n) is 4.37. The molecule has 0 heterocycles. The van der Waals surface area contributed by atoms with E-state index in [1.54, 1.807) is 0 Å². The van der Waals surface area contributed by atoms with Crippen molar-refractivity contribution in [2.24, 2.45) is 17.3 Å². The molecule has 0 saturated heterocycles. The van der Waals surface area contributed by atoms with Crippen molar-refractivity contribution in [1.82, 2.24) is 0 Å². The Labute approximate surface area is 78.8 Å². The number of allylic oxidation sites excluding steroid dienone is 2. The first-order valence-electron chi connectivity index (χ1n) is 4.21. The lowest BCUT2D eigenvalue weighted by Crippen LogP contribution is -1.96. The summed E-state index contributed by atoms with van der Waals surface area (Å²) in [5, 5.41) is -0.192. The summed E-state index contributed by atoms with van der Waals surface area (Å²) < 4.78 is 0. The monoisotopic (exact) mass is 186 g/mol. The normalized spacial score (nSPS) is 31.1. The Bertz CT molecular complexity index is 236. The molecule has 1 aliphatic rings. The molecule has 0 aromatic rings. The lowest BCUT2D eigenvalue weighted by atomic mass is 10.1. The van der Waals surface area contributed by atoms with Crippen molar-refractivity contribution in [2.45, 2.75) is 27.7 Å². The number of rotatable bonds is 2. The Morgan fingerprint density at radius 1 is 1.42 bits per heavy atom. The molecular weight excluding hydrogens is 172 g/mol. The number of halogens is 1. The number of hydrogen-bond donors (Lipinski definition) is 0. The van der Waals surface area contributed by atoms with Gasteiger partial charge in [-0.3, -0.25) is 4.79 Å². The SMILES string of the molecule is CC(C)=CC1[C@H](C(=O)Cl)C1(C)C. The highest BCUT2D eigenvalue weighted by Crippen LogP contribution is 2.60. The van der Waals surface area contributed by atoms with Gasteiger partial charge in [-0.05, 0) is 36.8 Å². The van der Waals surface area contributed by atoms with Crippen LogP contribution < -0.4 is 0 Å². The van der Waals surface area contributed by atoms with Gasteiger partial charge in [0.2, 0.25) is 5.24 Å². The van der Waals surface area contributed by atoms with Crippen LogP contribution in [0.3, 0.4) is 0 Å². The third-order valence-corrected chi connectivity index (χ3v) is 2.90. The maximum absolute atomic E-state index is 10.9. The van der Waals surface area contributed by atoms with E-state index in [4.69, 9.17) is 11.6 Å². The van der Waals surface area contributed by atoms with Gasteiger partial charge in [0.25, 0.3) is 0 Å². The van der Waals surface area contributed by atoms with Crippen LogP contribution in [-0.2, 0) is 4.79 Å². The topological polar surface area (TPSA) is 17.1 Å². The van der Waals surface area contributed by atoms with Gasteiger partial charge in [0.15, 0.2) is 0 Å². The predicted molar refractivity (Wildman–Crippen MR) is 51.1 cm³/mol. The third-order valence-electron chi connectivity index (χ3n) is 2.67. The lowest BCUT2D eigenvalue weighted by molar-refractivity contribution is -0.113. The van der Waals surface area contributed by atoms with Crippen molar-refractivity contribution < 1.29 is 4.79 Å². The van der Waals surface area contributed by atoms with Gasteiger partial charge in [-0.25, -0.2) is 0 Å². The number of hydrogen-bond acceptors (Lipinski definition) is 1. The van der Waals surface area contributed by atoms with E-state index in [0.717, 1.165) is 0 Å². The average molecular weight is 187 g/mol. The quantitative estimate of drug-likeness (QED) is 0.479. The molecule has 0 aromatic carbocycles. The van der Waals surface area contributed by atoms with Gasteiger partial charge in [0.1, 0.15) is 0 Å². The van der Waals surface area contributed by atoms with Crippen molar-refractivity contribution >= 4 is 16.8 Å². The Hall–Kier alpha value is -0.300. The first-order chi connectivity index (χ1) is 5.37. The summed E-state index contributed by atoms with van der Waals surface area (Å²) in [4.78, 5) is 10.9. The van der Waals surface area contributed by atoms with Crippen molar-refractivity contribution in [3.05, 3.63) is 11.6 Å². The Morgan fingerprint density at radius 2 is 1.92 bits per heavy atom. The largest absolute Gasteiger partial charge is 0.281 e. The first kappa shape index (κ1) is 9.79. The van der Waals surface area contributed by atoms with Crippen molar-refractivity contribution in [3.8, 4) is 0 Å². The summed E-state index contributed by atoms with van der Waals surface area (Å²) in [6, 6.07) is 0. The average Bonchev–Trinajstić information content (AvgIpc) is 2.32. The molecule has 0 bridgehead atoms. The van der Waals surface area contributed by atoms with Crippen LogP contribution in [0, 0.1) is 17.3 Å². The minimum atomic E-state index is -0.192. The molecule has 2 heteroatoms. The highest BCUT2D eigenvalue weighted by molar-refractivity contribution is 6.64. The second kappa shape index (κ2) is 2.88. The number of carbonyl (C=O) groups is 1. The van der Waals surface area contributed by atoms with Crippen LogP contribution >= 0.6 is 11.6 Å². The molecule has 0 spiro atoms. The maximum Gasteiger partial charge on any atom is 0.225 e. The maximum atomic E-state index is 10.9. The predicted octanol–water partition coefficient (Wildman–Crippen LogP) is 2.99. The summed E-state index contributed by atoms with van der Waals surface area (Å²) in [5.41, 5.74) is 1.34. The van der Waals surface area contributed by atoms with Crippen molar-refractivity contribution in [2.75, 3.05) is 0 Å². The fourth-order valence-electron chi connectivity index (χ4n) is 1.78.